The minimum Gasteiger partial charge on any atom is -0.331 e. The number of fused-ring (bicyclic) bond motifs is 1. The zero-order valence-electron chi connectivity index (χ0n) is 12.1. The second-order valence-corrected chi connectivity index (χ2v) is 5.45. The van der Waals surface area contributed by atoms with Crippen LogP contribution in [0.4, 0.5) is 0 Å². The Bertz CT molecular complexity index is 487. The molecule has 0 unspecified atom stereocenters. The fourth-order valence-corrected chi connectivity index (χ4v) is 2.34. The average molecular weight is 259 g/mol. The van der Waals surface area contributed by atoms with Gasteiger partial charge in [0.15, 0.2) is 0 Å². The van der Waals surface area contributed by atoms with Gasteiger partial charge in [0, 0.05) is 12.6 Å². The second-order valence-electron chi connectivity index (χ2n) is 5.45. The van der Waals surface area contributed by atoms with Crippen molar-refractivity contribution in [3.8, 4) is 0 Å². The molecule has 0 atom stereocenters. The van der Waals surface area contributed by atoms with Gasteiger partial charge in [0.25, 0.3) is 0 Å². The summed E-state index contributed by atoms with van der Waals surface area (Å²) in [5.41, 5.74) is 2.35. The van der Waals surface area contributed by atoms with Crippen LogP contribution in [0, 0.1) is 0 Å². The van der Waals surface area contributed by atoms with Gasteiger partial charge in [0.05, 0.1) is 17.4 Å². The Kier molecular flexibility index (Phi) is 5.40. The normalized spacial score (nSPS) is 11.5. The molecule has 3 nitrogen and oxygen atoms in total. The zero-order chi connectivity index (χ0) is 13.5. The van der Waals surface area contributed by atoms with Crippen LogP contribution in [0.25, 0.3) is 11.0 Å². The number of rotatable bonds is 8. The van der Waals surface area contributed by atoms with Crippen LogP contribution in [0.1, 0.15) is 39.5 Å². The molecule has 1 heterocycles. The lowest BCUT2D eigenvalue weighted by atomic mass is 10.2. The third-order valence-electron chi connectivity index (χ3n) is 3.41. The molecule has 1 N–H and O–H groups in total. The van der Waals surface area contributed by atoms with E-state index in [0.717, 1.165) is 18.6 Å². The molecule has 1 aromatic heterocycles. The molecular weight excluding hydrogens is 234 g/mol. The van der Waals surface area contributed by atoms with E-state index in [1.54, 1.807) is 0 Å². The summed E-state index contributed by atoms with van der Waals surface area (Å²) in [6.07, 6.45) is 7.09. The van der Waals surface area contributed by atoms with Gasteiger partial charge in [-0.15, -0.1) is 0 Å². The van der Waals surface area contributed by atoms with Crippen molar-refractivity contribution in [1.82, 2.24) is 14.9 Å². The number of nitrogens with one attached hydrogen (secondary N) is 1. The summed E-state index contributed by atoms with van der Waals surface area (Å²) in [5, 5.41) is 3.46. The van der Waals surface area contributed by atoms with Gasteiger partial charge in [-0.2, -0.15) is 0 Å². The number of imidazole rings is 1. The molecule has 0 bridgehead atoms. The molecule has 0 saturated carbocycles. The Morgan fingerprint density at radius 1 is 1.11 bits per heavy atom. The van der Waals surface area contributed by atoms with E-state index in [0.29, 0.717) is 6.04 Å². The largest absolute Gasteiger partial charge is 0.331 e. The molecule has 104 valence electrons. The van der Waals surface area contributed by atoms with Gasteiger partial charge in [0.1, 0.15) is 0 Å². The molecule has 0 aliphatic rings. The maximum Gasteiger partial charge on any atom is 0.0958 e. The number of para-hydroxylation sites is 2. The Morgan fingerprint density at radius 2 is 1.89 bits per heavy atom. The molecule has 3 heteroatoms. The Morgan fingerprint density at radius 3 is 2.74 bits per heavy atom. The van der Waals surface area contributed by atoms with Crippen molar-refractivity contribution in [1.29, 1.82) is 0 Å². The summed E-state index contributed by atoms with van der Waals surface area (Å²) < 4.78 is 2.27. The van der Waals surface area contributed by atoms with E-state index in [1.165, 1.54) is 31.2 Å². The summed E-state index contributed by atoms with van der Waals surface area (Å²) in [6, 6.07) is 8.95. The first-order valence-corrected chi connectivity index (χ1v) is 7.40. The lowest BCUT2D eigenvalue weighted by molar-refractivity contribution is 0.528. The van der Waals surface area contributed by atoms with Crippen LogP contribution in [0.15, 0.2) is 30.6 Å². The third-order valence-corrected chi connectivity index (χ3v) is 3.41. The van der Waals surface area contributed by atoms with Gasteiger partial charge in [-0.25, -0.2) is 4.98 Å². The predicted molar refractivity (Wildman–Crippen MR) is 81.3 cm³/mol. The first kappa shape index (κ1) is 14.1. The van der Waals surface area contributed by atoms with E-state index in [9.17, 15) is 0 Å². The highest BCUT2D eigenvalue weighted by atomic mass is 15.0. The summed E-state index contributed by atoms with van der Waals surface area (Å²) >= 11 is 0. The zero-order valence-corrected chi connectivity index (χ0v) is 12.1. The van der Waals surface area contributed by atoms with Crippen LogP contribution in [0.5, 0.6) is 0 Å². The van der Waals surface area contributed by atoms with E-state index in [4.69, 9.17) is 0 Å². The molecule has 0 saturated heterocycles. The van der Waals surface area contributed by atoms with Gasteiger partial charge in [-0.05, 0) is 31.5 Å². The number of hydrogen-bond donors (Lipinski definition) is 1. The maximum atomic E-state index is 4.42. The van der Waals surface area contributed by atoms with Crippen LogP contribution < -0.4 is 5.32 Å². The molecule has 0 fully saturated rings. The van der Waals surface area contributed by atoms with Gasteiger partial charge in [-0.1, -0.05) is 38.8 Å². The third kappa shape index (κ3) is 4.35. The quantitative estimate of drug-likeness (QED) is 0.734. The molecule has 2 aromatic rings. The Hall–Kier alpha value is -1.35. The fourth-order valence-electron chi connectivity index (χ4n) is 2.34. The van der Waals surface area contributed by atoms with Crippen molar-refractivity contribution < 1.29 is 0 Å². The number of nitrogens with zero attached hydrogens (tertiary/aromatic N) is 2. The fraction of sp³-hybridized carbons (Fsp3) is 0.562. The lowest BCUT2D eigenvalue weighted by Crippen LogP contribution is -2.23. The number of aryl methyl sites for hydroxylation is 1. The molecule has 0 aliphatic carbocycles. The van der Waals surface area contributed by atoms with Crippen molar-refractivity contribution in [3.05, 3.63) is 30.6 Å². The molecular formula is C16H25N3. The van der Waals surface area contributed by atoms with Gasteiger partial charge in [-0.3, -0.25) is 0 Å². The summed E-state index contributed by atoms with van der Waals surface area (Å²) in [4.78, 5) is 4.42. The standard InChI is InChI=1S/C16H25N3/c1-14(2)17-11-7-3-4-8-12-19-13-18-15-9-5-6-10-16(15)19/h5-6,9-10,13-14,17H,3-4,7-8,11-12H2,1-2H3. The minimum atomic E-state index is 0.609. The second kappa shape index (κ2) is 7.29. The summed E-state index contributed by atoms with van der Waals surface area (Å²) in [6.45, 7) is 6.62. The van der Waals surface area contributed by atoms with E-state index in [-0.39, 0.29) is 0 Å². The highest BCUT2D eigenvalue weighted by molar-refractivity contribution is 5.74. The topological polar surface area (TPSA) is 29.9 Å². The molecule has 19 heavy (non-hydrogen) atoms. The van der Waals surface area contributed by atoms with Crippen LogP contribution in [0.3, 0.4) is 0 Å². The average Bonchev–Trinajstić information content (AvgIpc) is 2.81. The lowest BCUT2D eigenvalue weighted by Gasteiger charge is -2.07. The van der Waals surface area contributed by atoms with Crippen LogP contribution in [-0.4, -0.2) is 22.1 Å². The van der Waals surface area contributed by atoms with Crippen molar-refractivity contribution in [2.75, 3.05) is 6.54 Å². The molecule has 1 aromatic carbocycles. The van der Waals surface area contributed by atoms with Crippen molar-refractivity contribution in [2.45, 2.75) is 52.1 Å². The summed E-state index contributed by atoms with van der Waals surface area (Å²) in [5.74, 6) is 0. The van der Waals surface area contributed by atoms with Gasteiger partial charge < -0.3 is 9.88 Å². The Balaban J connectivity index is 1.66. The SMILES string of the molecule is CC(C)NCCCCCCn1cnc2ccccc21. The first-order chi connectivity index (χ1) is 9.27. The van der Waals surface area contributed by atoms with Crippen molar-refractivity contribution in [2.24, 2.45) is 0 Å². The Labute approximate surface area is 116 Å². The minimum absolute atomic E-state index is 0.609. The first-order valence-electron chi connectivity index (χ1n) is 7.40. The van der Waals surface area contributed by atoms with Crippen molar-refractivity contribution in [3.63, 3.8) is 0 Å². The number of benzene rings is 1. The monoisotopic (exact) mass is 259 g/mol. The number of hydrogen-bond acceptors (Lipinski definition) is 2. The molecule has 2 rings (SSSR count). The van der Waals surface area contributed by atoms with Gasteiger partial charge >= 0.3 is 0 Å². The van der Waals surface area contributed by atoms with E-state index in [1.807, 2.05) is 12.4 Å². The van der Waals surface area contributed by atoms with E-state index >= 15 is 0 Å². The van der Waals surface area contributed by atoms with Crippen LogP contribution >= 0.6 is 0 Å². The molecule has 0 aliphatic heterocycles. The van der Waals surface area contributed by atoms with Crippen LogP contribution in [-0.2, 0) is 6.54 Å². The predicted octanol–water partition coefficient (Wildman–Crippen LogP) is 3.59. The highest BCUT2D eigenvalue weighted by Crippen LogP contribution is 2.13. The maximum absolute atomic E-state index is 4.42. The molecule has 0 amide bonds. The highest BCUT2D eigenvalue weighted by Gasteiger charge is 2.00. The van der Waals surface area contributed by atoms with E-state index in [2.05, 4.69) is 46.9 Å². The summed E-state index contributed by atoms with van der Waals surface area (Å²) in [7, 11) is 0. The van der Waals surface area contributed by atoms with E-state index < -0.39 is 0 Å². The van der Waals surface area contributed by atoms with Crippen LogP contribution in [0.2, 0.25) is 0 Å². The number of aromatic nitrogens is 2. The smallest absolute Gasteiger partial charge is 0.0958 e. The van der Waals surface area contributed by atoms with Gasteiger partial charge in [0.2, 0.25) is 0 Å². The van der Waals surface area contributed by atoms with Crippen molar-refractivity contribution >= 4 is 11.0 Å². The molecule has 0 spiro atoms. The molecule has 0 radical (unpaired) electrons. The number of unbranched alkanes of at least 4 members (excludes halogenated alkanes) is 3.